The fraction of sp³-hybridized carbons (Fsp3) is 0.391. The van der Waals surface area contributed by atoms with Crippen LogP contribution in [0.25, 0.3) is 0 Å². The van der Waals surface area contributed by atoms with Gasteiger partial charge in [-0.1, -0.05) is 6.92 Å². The summed E-state index contributed by atoms with van der Waals surface area (Å²) in [5, 5.41) is 9.71. The smallest absolute Gasteiger partial charge is 0.416 e. The molecule has 3 rings (SSSR count). The topological polar surface area (TPSA) is 70.1 Å². The highest BCUT2D eigenvalue weighted by Crippen LogP contribution is 2.46. The summed E-state index contributed by atoms with van der Waals surface area (Å²) in [6.45, 7) is 0.960. The van der Waals surface area contributed by atoms with Crippen LogP contribution in [-0.2, 0) is 28.1 Å². The molecule has 1 aliphatic rings. The Morgan fingerprint density at radius 1 is 0.895 bits per heavy atom. The van der Waals surface area contributed by atoms with Gasteiger partial charge in [-0.25, -0.2) is 9.59 Å². The molecule has 1 amide bonds. The average molecular weight is 558 g/mol. The van der Waals surface area contributed by atoms with E-state index in [0.717, 1.165) is 23.0 Å². The number of esters is 1. The lowest BCUT2D eigenvalue weighted by Crippen LogP contribution is -2.53. The van der Waals surface area contributed by atoms with Crippen LogP contribution in [0.5, 0.6) is 0 Å². The number of carbonyl (C=O) groups is 2. The van der Waals surface area contributed by atoms with Gasteiger partial charge >= 0.3 is 30.6 Å². The standard InChI is InChI=1S/C23H19F9N2O4/c1-3-15-10-33(17-9-12(21(24,25)26)4-5-16(17)34(15)20(36)37)18(19(35)38-2)11-6-13(22(27,28)29)8-14(7-11)23(30,31)32/h4-9,15,18H,3,10H2,1-2H3,(H,36,37)/t15-,18?/m0/s1. The Bertz CT molecular complexity index is 1190. The number of hydrogen-bond donors (Lipinski definition) is 1. The van der Waals surface area contributed by atoms with E-state index < -0.39 is 77.2 Å². The summed E-state index contributed by atoms with van der Waals surface area (Å²) in [6, 6.07) is -0.876. The van der Waals surface area contributed by atoms with E-state index in [0.29, 0.717) is 12.1 Å². The van der Waals surface area contributed by atoms with Gasteiger partial charge in [0.25, 0.3) is 0 Å². The van der Waals surface area contributed by atoms with Crippen molar-refractivity contribution in [3.05, 3.63) is 58.7 Å². The molecule has 2 aromatic carbocycles. The van der Waals surface area contributed by atoms with Crippen LogP contribution < -0.4 is 9.80 Å². The maximum absolute atomic E-state index is 13.5. The van der Waals surface area contributed by atoms with Crippen LogP contribution in [0.4, 0.5) is 55.7 Å². The molecule has 208 valence electrons. The molecule has 1 aliphatic heterocycles. The molecule has 0 saturated carbocycles. The maximum atomic E-state index is 13.5. The number of methoxy groups -OCH3 is 1. The quantitative estimate of drug-likeness (QED) is 0.333. The zero-order valence-electron chi connectivity index (χ0n) is 19.5. The lowest BCUT2D eigenvalue weighted by atomic mass is 9.95. The average Bonchev–Trinajstić information content (AvgIpc) is 2.81. The highest BCUT2D eigenvalue weighted by Gasteiger charge is 2.44. The molecule has 0 radical (unpaired) electrons. The van der Waals surface area contributed by atoms with E-state index in [9.17, 15) is 54.2 Å². The van der Waals surface area contributed by atoms with Crippen LogP contribution in [0.2, 0.25) is 0 Å². The predicted molar refractivity (Wildman–Crippen MR) is 115 cm³/mol. The zero-order valence-corrected chi connectivity index (χ0v) is 19.5. The molecule has 0 spiro atoms. The van der Waals surface area contributed by atoms with Gasteiger partial charge in [0.2, 0.25) is 0 Å². The number of anilines is 2. The van der Waals surface area contributed by atoms with Crippen molar-refractivity contribution in [2.45, 2.75) is 44.0 Å². The summed E-state index contributed by atoms with van der Waals surface area (Å²) in [5.74, 6) is -1.38. The highest BCUT2D eigenvalue weighted by molar-refractivity contribution is 5.95. The summed E-state index contributed by atoms with van der Waals surface area (Å²) in [5.41, 5.74) is -6.55. The first-order chi connectivity index (χ1) is 17.4. The van der Waals surface area contributed by atoms with Crippen molar-refractivity contribution >= 4 is 23.4 Å². The monoisotopic (exact) mass is 558 g/mol. The number of hydrogen-bond acceptors (Lipinski definition) is 4. The first-order valence-corrected chi connectivity index (χ1v) is 10.8. The van der Waals surface area contributed by atoms with E-state index >= 15 is 0 Å². The van der Waals surface area contributed by atoms with E-state index in [4.69, 9.17) is 0 Å². The van der Waals surface area contributed by atoms with Gasteiger partial charge in [0, 0.05) is 6.54 Å². The van der Waals surface area contributed by atoms with Gasteiger partial charge in [0.15, 0.2) is 6.04 Å². The Balaban J connectivity index is 2.36. The van der Waals surface area contributed by atoms with E-state index in [1.165, 1.54) is 6.92 Å². The summed E-state index contributed by atoms with van der Waals surface area (Å²) >= 11 is 0. The van der Waals surface area contributed by atoms with Gasteiger partial charge in [-0.05, 0) is 48.4 Å². The second kappa shape index (κ2) is 9.91. The van der Waals surface area contributed by atoms with Crippen molar-refractivity contribution in [1.82, 2.24) is 0 Å². The van der Waals surface area contributed by atoms with Crippen molar-refractivity contribution in [3.8, 4) is 0 Å². The lowest BCUT2D eigenvalue weighted by molar-refractivity contribution is -0.145. The van der Waals surface area contributed by atoms with Crippen LogP contribution in [0.1, 0.15) is 41.6 Å². The van der Waals surface area contributed by atoms with Crippen LogP contribution >= 0.6 is 0 Å². The Hall–Kier alpha value is -3.65. The Morgan fingerprint density at radius 2 is 1.42 bits per heavy atom. The molecule has 2 aromatic rings. The van der Waals surface area contributed by atoms with Crippen molar-refractivity contribution in [1.29, 1.82) is 0 Å². The Labute approximate surface area is 209 Å². The third kappa shape index (κ3) is 5.60. The van der Waals surface area contributed by atoms with Gasteiger partial charge in [0.1, 0.15) is 0 Å². The molecule has 0 fully saturated rings. The van der Waals surface area contributed by atoms with Crippen LogP contribution in [0.15, 0.2) is 36.4 Å². The first-order valence-electron chi connectivity index (χ1n) is 10.8. The molecule has 1 unspecified atom stereocenters. The SMILES string of the molecule is CC[C@H]1CN(C(C(=O)OC)c2cc(C(F)(F)F)cc(C(F)(F)F)c2)c2cc(C(F)(F)F)ccc2N1C(=O)O. The summed E-state index contributed by atoms with van der Waals surface area (Å²) in [4.78, 5) is 26.4. The molecule has 38 heavy (non-hydrogen) atoms. The fourth-order valence-electron chi connectivity index (χ4n) is 4.24. The molecule has 0 saturated heterocycles. The normalized spacial score (nSPS) is 17.2. The van der Waals surface area contributed by atoms with Crippen molar-refractivity contribution in [2.24, 2.45) is 0 Å². The second-order valence-electron chi connectivity index (χ2n) is 8.33. The van der Waals surface area contributed by atoms with E-state index in [-0.39, 0.29) is 30.3 Å². The number of alkyl halides is 9. The van der Waals surface area contributed by atoms with Gasteiger partial charge < -0.3 is 14.7 Å². The summed E-state index contributed by atoms with van der Waals surface area (Å²) in [6.07, 6.45) is -17.0. The fourth-order valence-corrected chi connectivity index (χ4v) is 4.24. The predicted octanol–water partition coefficient (Wildman–Crippen LogP) is 6.74. The van der Waals surface area contributed by atoms with Crippen LogP contribution in [0, 0.1) is 0 Å². The molecule has 15 heteroatoms. The molecular formula is C23H19F9N2O4. The highest BCUT2D eigenvalue weighted by atomic mass is 19.4. The largest absolute Gasteiger partial charge is 0.467 e. The van der Waals surface area contributed by atoms with Gasteiger partial charge in [0.05, 0.1) is 41.2 Å². The lowest BCUT2D eigenvalue weighted by Gasteiger charge is -2.44. The van der Waals surface area contributed by atoms with Crippen molar-refractivity contribution in [3.63, 3.8) is 0 Å². The molecule has 0 aromatic heterocycles. The van der Waals surface area contributed by atoms with E-state index in [1.54, 1.807) is 0 Å². The number of carbonyl (C=O) groups excluding carboxylic acids is 1. The summed E-state index contributed by atoms with van der Waals surface area (Å²) < 4.78 is 126. The minimum Gasteiger partial charge on any atom is -0.467 e. The molecule has 1 N–H and O–H groups in total. The van der Waals surface area contributed by atoms with Gasteiger partial charge in [-0.3, -0.25) is 4.90 Å². The second-order valence-corrected chi connectivity index (χ2v) is 8.33. The number of amides is 1. The van der Waals surface area contributed by atoms with E-state index in [1.807, 2.05) is 0 Å². The molecule has 6 nitrogen and oxygen atoms in total. The number of benzene rings is 2. The minimum absolute atomic E-state index is 0.0353. The van der Waals surface area contributed by atoms with Gasteiger partial charge in [-0.15, -0.1) is 0 Å². The third-order valence-electron chi connectivity index (χ3n) is 5.98. The summed E-state index contributed by atoms with van der Waals surface area (Å²) in [7, 11) is 0.797. The zero-order chi connectivity index (χ0) is 28.8. The number of rotatable bonds is 4. The molecular weight excluding hydrogens is 539 g/mol. The first kappa shape index (κ1) is 28.9. The third-order valence-corrected chi connectivity index (χ3v) is 5.98. The van der Waals surface area contributed by atoms with Crippen LogP contribution in [-0.4, -0.2) is 36.9 Å². The number of halogens is 9. The van der Waals surface area contributed by atoms with E-state index in [2.05, 4.69) is 4.74 Å². The number of ether oxygens (including phenoxy) is 1. The molecule has 0 aliphatic carbocycles. The number of fused-ring (bicyclic) bond motifs is 1. The number of carboxylic acid groups (broad SMARTS) is 1. The number of nitrogens with zero attached hydrogens (tertiary/aromatic N) is 2. The molecule has 1 heterocycles. The Morgan fingerprint density at radius 3 is 1.84 bits per heavy atom. The maximum Gasteiger partial charge on any atom is 0.416 e. The molecule has 2 atom stereocenters. The Kier molecular flexibility index (Phi) is 7.54. The van der Waals surface area contributed by atoms with Crippen LogP contribution in [0.3, 0.4) is 0 Å². The minimum atomic E-state index is -5.27. The van der Waals surface area contributed by atoms with Gasteiger partial charge in [-0.2, -0.15) is 39.5 Å². The van der Waals surface area contributed by atoms with Crippen molar-refractivity contribution in [2.75, 3.05) is 23.5 Å². The van der Waals surface area contributed by atoms with Crippen molar-refractivity contribution < 1.29 is 58.9 Å². The molecule has 0 bridgehead atoms.